The van der Waals surface area contributed by atoms with Gasteiger partial charge in [0, 0.05) is 88.4 Å². The number of carboxylic acids is 1. The number of aryl methyl sites for hydroxylation is 4. The first-order valence-electron chi connectivity index (χ1n) is 40.6. The summed E-state index contributed by atoms with van der Waals surface area (Å²) < 4.78 is 34.4. The minimum atomic E-state index is -1.08. The number of benzene rings is 4. The third kappa shape index (κ3) is 28.4. The van der Waals surface area contributed by atoms with Crippen LogP contribution in [-0.2, 0) is 50.1 Å². The summed E-state index contributed by atoms with van der Waals surface area (Å²) in [6.07, 6.45) is -0.362. The number of carboxylic acid groups (broad SMARTS) is 1. The summed E-state index contributed by atoms with van der Waals surface area (Å²) in [4.78, 5) is 89.3. The number of carbonyl (C=O) groups excluding carboxylic acids is 4. The molecule has 2 aliphatic heterocycles. The van der Waals surface area contributed by atoms with E-state index in [9.17, 15) is 29.1 Å². The summed E-state index contributed by atoms with van der Waals surface area (Å²) in [5.74, 6) is -1.06. The van der Waals surface area contributed by atoms with E-state index < -0.39 is 23.1 Å². The van der Waals surface area contributed by atoms with Gasteiger partial charge in [0.2, 0.25) is 11.5 Å². The summed E-state index contributed by atoms with van der Waals surface area (Å²) in [5.41, 5.74) is 19.5. The Kier molecular flexibility index (Phi) is 39.3. The Labute approximate surface area is 816 Å². The van der Waals surface area contributed by atoms with Gasteiger partial charge in [-0.2, -0.15) is 0 Å². The molecular formula is C97H120ClI5N8O12V2. The van der Waals surface area contributed by atoms with E-state index in [-0.39, 0.29) is 82.2 Å². The van der Waals surface area contributed by atoms with Crippen LogP contribution < -0.4 is 17.7 Å². The minimum absolute atomic E-state index is 0. The van der Waals surface area contributed by atoms with E-state index in [0.29, 0.717) is 89.8 Å². The fourth-order valence-electron chi connectivity index (χ4n) is 14.2. The number of pyridine rings is 4. The van der Waals surface area contributed by atoms with Crippen LogP contribution >= 0.6 is 103 Å². The third-order valence-electron chi connectivity index (χ3n) is 20.6. The molecule has 2 saturated heterocycles. The van der Waals surface area contributed by atoms with Gasteiger partial charge in [-0.25, -0.2) is 34.3 Å². The number of ether oxygens (including phenoxy) is 2. The first-order valence-corrected chi connectivity index (χ1v) is 60.8. The van der Waals surface area contributed by atoms with Gasteiger partial charge < -0.3 is 64.7 Å². The second-order valence-corrected chi connectivity index (χ2v) is 60.4. The zero-order valence-corrected chi connectivity index (χ0v) is 90.0. The van der Waals surface area contributed by atoms with Crippen LogP contribution in [0.3, 0.4) is 0 Å². The molecule has 2 fully saturated rings. The fraction of sp³-hybridized carbons (Fsp3) is 0.412. The Hall–Kier alpha value is -6.14. The van der Waals surface area contributed by atoms with E-state index in [1.54, 1.807) is 28.9 Å². The van der Waals surface area contributed by atoms with E-state index in [1.807, 2.05) is 93.8 Å². The summed E-state index contributed by atoms with van der Waals surface area (Å²) >= 11 is 11.6. The first-order chi connectivity index (χ1) is 57.5. The van der Waals surface area contributed by atoms with Crippen molar-refractivity contribution in [1.82, 2.24) is 34.6 Å². The number of esters is 1. The van der Waals surface area contributed by atoms with Crippen LogP contribution in [0.4, 0.5) is 4.79 Å². The Balaban J connectivity index is 0.000000252. The molecule has 125 heavy (non-hydrogen) atoms. The number of nitrogens with two attached hydrogens (primary N) is 1. The van der Waals surface area contributed by atoms with Gasteiger partial charge in [0.15, 0.2) is 33.9 Å². The van der Waals surface area contributed by atoms with Crippen LogP contribution in [0.25, 0.3) is 89.4 Å². The number of amides is 3. The molecule has 0 radical (unpaired) electrons. The Morgan fingerprint density at radius 3 is 1.00 bits per heavy atom. The molecule has 0 bridgehead atoms. The van der Waals surface area contributed by atoms with Gasteiger partial charge in [-0.1, -0.05) is 232 Å². The zero-order chi connectivity index (χ0) is 91.4. The zero-order valence-electron chi connectivity index (χ0n) is 75.6. The van der Waals surface area contributed by atoms with Gasteiger partial charge in [0.25, 0.3) is 11.8 Å². The number of aromatic carboxylic acids is 1. The molecule has 4 aromatic carbocycles. The van der Waals surface area contributed by atoms with Crippen molar-refractivity contribution in [3.8, 4) is 45.0 Å². The molecule has 0 atom stereocenters. The summed E-state index contributed by atoms with van der Waals surface area (Å²) in [5, 5.41) is 11.4. The SMILES string of the molecule is C.CCOC(=O)c1cc2nc(-c3ccc(C)cc3)cc(C(C)(C)C)c2o1.CI.Cc1ccc(-c2cc(C(C)(C)C)c3oc(C(=O)N4CCN(C(=O)OC(C)(C)C)CC4(C)C)cc3n2)cc1.Cc1ccc(-c2cc(C(C)(C)C)c3oc(C(=O)N4CC[NH2+]CC4(C)C)cc3n2)cc1.Cc1ccc(-c2cc(C(C)(C)C)c3oc(C(=O)O)cc3n2)cc1.[Cl-].[I][V][I].[I][V][I]. The van der Waals surface area contributed by atoms with Crippen LogP contribution in [-0.4, -0.2) is 137 Å². The number of alkyl halides is 1. The third-order valence-corrected chi connectivity index (χ3v) is 20.6. The summed E-state index contributed by atoms with van der Waals surface area (Å²) in [7, 11) is 1.25. The van der Waals surface area contributed by atoms with Gasteiger partial charge in [0.1, 0.15) is 27.7 Å². The maximum absolute atomic E-state index is 13.7. The van der Waals surface area contributed by atoms with Gasteiger partial charge in [-0.05, 0) is 134 Å². The maximum atomic E-state index is 13.7. The number of piperazine rings is 2. The van der Waals surface area contributed by atoms with Gasteiger partial charge >= 0.3 is 117 Å². The molecule has 10 heterocycles. The van der Waals surface area contributed by atoms with Crippen molar-refractivity contribution < 1.29 is 92.9 Å². The topological polar surface area (TPSA) is 254 Å². The van der Waals surface area contributed by atoms with E-state index in [2.05, 4.69) is 315 Å². The molecular weight excluding hydrogens is 2240 g/mol. The Morgan fingerprint density at radius 1 is 0.448 bits per heavy atom. The van der Waals surface area contributed by atoms with Crippen LogP contribution in [0.5, 0.6) is 0 Å². The van der Waals surface area contributed by atoms with Crippen molar-refractivity contribution in [3.63, 3.8) is 0 Å². The average Bonchev–Trinajstić information content (AvgIpc) is 1.69. The normalized spacial score (nSPS) is 13.6. The molecule has 3 N–H and O–H groups in total. The van der Waals surface area contributed by atoms with Crippen LogP contribution in [0, 0.1) is 27.7 Å². The standard InChI is InChI=1S/C30H39N3O4.C25H31N3O2.C21H23NO3.C19H19NO3.CH3I.CH4.ClH.4HI.2V/c1-19-10-12-20(13-11-19)22-16-21(28(2,3)4)25-23(31-22)17-24(36-25)26(34)33-15-14-32(18-30(33,8)9)27(35)37-29(5,6)7;1-16-7-9-17(10-8-16)19-13-18(24(2,3)4)22-20(27-19)14-21(30-22)23(29)28-12-11-26-15-25(28,5)6;1-6-24-20(23)18-12-17-19(25-18)15(21(3,4)5)11-16(22-17)14-9-7-13(2)8-10-14;1-11-5-7-12(8-6-11)14-9-13(19(2,3)4)17-15(20-14)10-16(23-17)18(21)22;1-2;;;;;;;;/h10-13,16-17H,14-15,18H2,1-9H3;7-10,13-14,26H,11-12,15H2,1-6H3;7-12H,6H2,1-5H3;5-10H,1-4H3,(H,21,22);1H3;1H4;5*1H;;/q;;;;;;;;;;;2*+2/p-4. The van der Waals surface area contributed by atoms with E-state index in [0.717, 1.165) is 92.4 Å². The molecule has 672 valence electrons. The molecule has 20 nitrogen and oxygen atoms in total. The number of halogens is 6. The van der Waals surface area contributed by atoms with Gasteiger partial charge in [-0.3, -0.25) is 9.59 Å². The number of nitrogens with zero attached hydrogens (tertiary/aromatic N) is 7. The summed E-state index contributed by atoms with van der Waals surface area (Å²) in [6, 6.07) is 47.9. The molecule has 0 aliphatic carbocycles. The van der Waals surface area contributed by atoms with E-state index >= 15 is 0 Å². The van der Waals surface area contributed by atoms with Crippen molar-refractivity contribution >= 4 is 177 Å². The second kappa shape index (κ2) is 45.6. The number of furan rings is 4. The number of quaternary nitrogens is 1. The number of rotatable bonds is 9. The fourth-order valence-corrected chi connectivity index (χ4v) is 14.2. The molecule has 28 heteroatoms. The van der Waals surface area contributed by atoms with E-state index in [4.69, 9.17) is 42.1 Å². The molecule has 8 aromatic heterocycles. The second-order valence-electron chi connectivity index (χ2n) is 36.9. The number of aromatic nitrogens is 4. The molecule has 14 rings (SSSR count). The summed E-state index contributed by atoms with van der Waals surface area (Å²) in [6.45, 7) is 53.1. The van der Waals surface area contributed by atoms with Crippen molar-refractivity contribution in [2.24, 2.45) is 0 Å². The quantitative estimate of drug-likeness (QED) is 0.0774. The van der Waals surface area contributed by atoms with Crippen molar-refractivity contribution in [1.29, 1.82) is 0 Å². The van der Waals surface area contributed by atoms with Crippen molar-refractivity contribution in [2.75, 3.05) is 50.8 Å². The molecule has 0 spiro atoms. The molecule has 0 saturated carbocycles. The Bertz CT molecular complexity index is 5680. The molecule has 3 amide bonds. The monoisotopic (exact) mass is 2360 g/mol. The molecule has 0 unspecified atom stereocenters. The number of fused-ring (bicyclic) bond motifs is 4. The number of hydrogen-bond acceptors (Lipinski definition) is 15. The Morgan fingerprint density at radius 2 is 0.728 bits per heavy atom. The van der Waals surface area contributed by atoms with Crippen LogP contribution in [0.1, 0.15) is 233 Å². The van der Waals surface area contributed by atoms with Crippen LogP contribution in [0.2, 0.25) is 0 Å². The van der Waals surface area contributed by atoms with Gasteiger partial charge in [-0.15, -0.1) is 0 Å². The van der Waals surface area contributed by atoms with Gasteiger partial charge in [0.05, 0.1) is 60.1 Å². The molecule has 12 aromatic rings. The number of carbonyl (C=O) groups is 5. The first kappa shape index (κ1) is 108. The average molecular weight is 2360 g/mol. The van der Waals surface area contributed by atoms with Crippen molar-refractivity contribution in [3.05, 3.63) is 213 Å². The van der Waals surface area contributed by atoms with Crippen molar-refractivity contribution in [2.45, 2.75) is 212 Å². The predicted octanol–water partition coefficient (Wildman–Crippen LogP) is 22.8. The number of hydrogen-bond donors (Lipinski definition) is 2. The predicted molar refractivity (Wildman–Crippen MR) is 537 cm³/mol. The van der Waals surface area contributed by atoms with Crippen LogP contribution in [0.15, 0.2) is 163 Å². The molecule has 2 aliphatic rings. The van der Waals surface area contributed by atoms with E-state index in [1.165, 1.54) is 28.3 Å².